The van der Waals surface area contributed by atoms with E-state index < -0.39 is 4.92 Å². The molecule has 8 nitrogen and oxygen atoms in total. The molecule has 1 aliphatic carbocycles. The second kappa shape index (κ2) is 7.26. The molecule has 3 atom stereocenters. The minimum atomic E-state index is -0.484. The number of benzene rings is 3. The molecule has 32 heavy (non-hydrogen) atoms. The molecule has 5 N–H and O–H groups in total. The number of nitrogens with one attached hydrogen (secondary N) is 2. The van der Waals surface area contributed by atoms with Crippen molar-refractivity contribution in [3.63, 3.8) is 0 Å². The van der Waals surface area contributed by atoms with E-state index in [1.165, 1.54) is 30.4 Å². The lowest BCUT2D eigenvalue weighted by atomic mass is 9.75. The van der Waals surface area contributed by atoms with Gasteiger partial charge < -0.3 is 20.9 Å². The Kier molecular flexibility index (Phi) is 4.51. The largest absolute Gasteiger partial charge is 0.504 e. The molecule has 8 heteroatoms. The maximum absolute atomic E-state index is 11.5. The van der Waals surface area contributed by atoms with Gasteiger partial charge in [-0.1, -0.05) is 24.3 Å². The van der Waals surface area contributed by atoms with Gasteiger partial charge in [-0.2, -0.15) is 0 Å². The van der Waals surface area contributed by atoms with E-state index in [0.29, 0.717) is 11.1 Å². The van der Waals surface area contributed by atoms with Crippen LogP contribution in [0, 0.1) is 21.4 Å². The zero-order valence-electron chi connectivity index (χ0n) is 17.3. The second-order valence-electron chi connectivity index (χ2n) is 8.23. The Hall–Kier alpha value is -4.07. The molecule has 0 spiro atoms. The van der Waals surface area contributed by atoms with Gasteiger partial charge in [0.05, 0.1) is 24.1 Å². The van der Waals surface area contributed by atoms with Crippen LogP contribution in [-0.4, -0.2) is 23.0 Å². The molecule has 0 radical (unpaired) electrons. The molecule has 162 valence electrons. The number of anilines is 1. The highest BCUT2D eigenvalue weighted by atomic mass is 16.6. The van der Waals surface area contributed by atoms with Crippen LogP contribution in [0.2, 0.25) is 0 Å². The molecule has 1 heterocycles. The zero-order valence-corrected chi connectivity index (χ0v) is 17.3. The van der Waals surface area contributed by atoms with Crippen molar-refractivity contribution in [2.45, 2.75) is 18.4 Å². The third-order valence-electron chi connectivity index (χ3n) is 6.57. The van der Waals surface area contributed by atoms with E-state index in [2.05, 4.69) is 17.4 Å². The van der Waals surface area contributed by atoms with Gasteiger partial charge in [0.25, 0.3) is 5.69 Å². The molecule has 5 rings (SSSR count). The Morgan fingerprint density at radius 1 is 1.19 bits per heavy atom. The minimum absolute atomic E-state index is 0.000261. The molecule has 3 aromatic carbocycles. The number of rotatable bonds is 4. The summed E-state index contributed by atoms with van der Waals surface area (Å²) < 4.78 is 5.23. The van der Waals surface area contributed by atoms with Gasteiger partial charge in [-0.05, 0) is 47.2 Å². The number of nitrogens with two attached hydrogens (primary N) is 1. The SMILES string of the molecule is COc1cc([N+](=O)[O-])cc(C2Nc3ccc(C(=N)N)cc3C3c4ccccc4CC23)c1O. The Morgan fingerprint density at radius 2 is 1.97 bits per heavy atom. The Morgan fingerprint density at radius 3 is 2.69 bits per heavy atom. The van der Waals surface area contributed by atoms with Crippen molar-refractivity contribution in [2.75, 3.05) is 12.4 Å². The van der Waals surface area contributed by atoms with Gasteiger partial charge in [0.2, 0.25) is 0 Å². The average Bonchev–Trinajstić information content (AvgIpc) is 3.18. The van der Waals surface area contributed by atoms with Crippen molar-refractivity contribution in [3.8, 4) is 11.5 Å². The average molecular weight is 430 g/mol. The summed E-state index contributed by atoms with van der Waals surface area (Å²) in [5, 5.41) is 33.8. The van der Waals surface area contributed by atoms with E-state index in [1.54, 1.807) is 6.07 Å². The van der Waals surface area contributed by atoms with Crippen LogP contribution in [0.25, 0.3) is 0 Å². The first-order valence-corrected chi connectivity index (χ1v) is 10.3. The highest BCUT2D eigenvalue weighted by Crippen LogP contribution is 2.55. The fourth-order valence-corrected chi connectivity index (χ4v) is 5.15. The number of aromatic hydroxyl groups is 1. The third kappa shape index (κ3) is 2.95. The van der Waals surface area contributed by atoms with Crippen molar-refractivity contribution in [1.29, 1.82) is 5.41 Å². The molecule has 1 aliphatic heterocycles. The summed E-state index contributed by atoms with van der Waals surface area (Å²) in [7, 11) is 1.38. The topological polar surface area (TPSA) is 134 Å². The van der Waals surface area contributed by atoms with Crippen molar-refractivity contribution >= 4 is 17.2 Å². The fraction of sp³-hybridized carbons (Fsp3) is 0.208. The minimum Gasteiger partial charge on any atom is -0.504 e. The number of fused-ring (bicyclic) bond motifs is 5. The van der Waals surface area contributed by atoms with Crippen LogP contribution in [0.5, 0.6) is 11.5 Å². The molecule has 0 saturated carbocycles. The van der Waals surface area contributed by atoms with Gasteiger partial charge in [0.15, 0.2) is 11.5 Å². The maximum Gasteiger partial charge on any atom is 0.273 e. The summed E-state index contributed by atoms with van der Waals surface area (Å²) in [6, 6.07) is 16.1. The lowest BCUT2D eigenvalue weighted by Crippen LogP contribution is -2.31. The van der Waals surface area contributed by atoms with Crippen LogP contribution < -0.4 is 15.8 Å². The Balaban J connectivity index is 1.71. The smallest absolute Gasteiger partial charge is 0.273 e. The van der Waals surface area contributed by atoms with E-state index in [9.17, 15) is 15.2 Å². The van der Waals surface area contributed by atoms with Gasteiger partial charge >= 0.3 is 0 Å². The van der Waals surface area contributed by atoms with Crippen molar-refractivity contribution in [1.82, 2.24) is 0 Å². The zero-order chi connectivity index (χ0) is 22.6. The van der Waals surface area contributed by atoms with Gasteiger partial charge in [-0.3, -0.25) is 15.5 Å². The summed E-state index contributed by atoms with van der Waals surface area (Å²) in [5.74, 6) is -0.0372. The number of hydrogen-bond acceptors (Lipinski definition) is 6. The van der Waals surface area contributed by atoms with E-state index in [4.69, 9.17) is 15.9 Å². The van der Waals surface area contributed by atoms with Crippen LogP contribution in [0.1, 0.15) is 39.8 Å². The Bertz CT molecular complexity index is 1270. The lowest BCUT2D eigenvalue weighted by molar-refractivity contribution is -0.385. The van der Waals surface area contributed by atoms with Crippen LogP contribution in [0.4, 0.5) is 11.4 Å². The number of phenols is 1. The number of phenolic OH excluding ortho intramolecular Hbond substituents is 1. The van der Waals surface area contributed by atoms with Gasteiger partial charge in [0.1, 0.15) is 5.84 Å². The molecule has 0 fully saturated rings. The number of non-ortho nitro benzene ring substituents is 1. The normalized spacial score (nSPS) is 20.5. The molecule has 3 unspecified atom stereocenters. The van der Waals surface area contributed by atoms with Crippen LogP contribution >= 0.6 is 0 Å². The van der Waals surface area contributed by atoms with Crippen molar-refractivity contribution < 1.29 is 14.8 Å². The van der Waals surface area contributed by atoms with Crippen molar-refractivity contribution in [2.24, 2.45) is 11.7 Å². The fourth-order valence-electron chi connectivity index (χ4n) is 5.15. The summed E-state index contributed by atoms with van der Waals surface area (Å²) in [6.07, 6.45) is 0.743. The van der Waals surface area contributed by atoms with E-state index in [1.807, 2.05) is 24.3 Å². The number of nitro benzene ring substituents is 1. The summed E-state index contributed by atoms with van der Waals surface area (Å²) in [6.45, 7) is 0. The summed E-state index contributed by atoms with van der Waals surface area (Å²) in [4.78, 5) is 11.1. The highest BCUT2D eigenvalue weighted by molar-refractivity contribution is 5.95. The predicted octanol–water partition coefficient (Wildman–Crippen LogP) is 4.06. The number of amidine groups is 1. The van der Waals surface area contributed by atoms with Crippen molar-refractivity contribution in [3.05, 3.63) is 92.5 Å². The molecular weight excluding hydrogens is 408 g/mol. The third-order valence-corrected chi connectivity index (χ3v) is 6.57. The van der Waals surface area contributed by atoms with Gasteiger partial charge in [0, 0.05) is 28.8 Å². The quantitative estimate of drug-likeness (QED) is 0.213. The molecule has 0 amide bonds. The van der Waals surface area contributed by atoms with Crippen LogP contribution in [-0.2, 0) is 6.42 Å². The number of nitrogens with zero attached hydrogens (tertiary/aromatic N) is 1. The van der Waals surface area contributed by atoms with Crippen LogP contribution in [0.3, 0.4) is 0 Å². The van der Waals surface area contributed by atoms with Gasteiger partial charge in [-0.15, -0.1) is 0 Å². The standard InChI is InChI=1S/C24H22N4O4/c1-32-20-11-14(28(30)31)10-18(23(20)29)22-17-8-12-4-2-3-5-15(12)21(17)16-9-13(24(25)26)6-7-19(16)27-22/h2-7,9-11,17,21-22,27,29H,8H2,1H3,(H3,25,26). The summed E-state index contributed by atoms with van der Waals surface area (Å²) in [5.41, 5.74) is 10.9. The lowest BCUT2D eigenvalue weighted by Gasteiger charge is -2.38. The second-order valence-corrected chi connectivity index (χ2v) is 8.23. The number of nitro groups is 1. The highest BCUT2D eigenvalue weighted by Gasteiger charge is 2.44. The first-order valence-electron chi connectivity index (χ1n) is 10.3. The Labute approximate surface area is 184 Å². The van der Waals surface area contributed by atoms with E-state index >= 15 is 0 Å². The monoisotopic (exact) mass is 430 g/mol. The molecule has 0 bridgehead atoms. The van der Waals surface area contributed by atoms with Crippen LogP contribution in [0.15, 0.2) is 54.6 Å². The predicted molar refractivity (Wildman–Crippen MR) is 121 cm³/mol. The molecule has 3 aromatic rings. The number of hydrogen-bond donors (Lipinski definition) is 4. The first kappa shape index (κ1) is 19.9. The molecule has 0 aromatic heterocycles. The van der Waals surface area contributed by atoms with E-state index in [0.717, 1.165) is 17.7 Å². The summed E-state index contributed by atoms with van der Waals surface area (Å²) >= 11 is 0. The maximum atomic E-state index is 11.5. The first-order chi connectivity index (χ1) is 15.4. The van der Waals surface area contributed by atoms with E-state index in [-0.39, 0.29) is 40.9 Å². The molecular formula is C24H22N4O4. The van der Waals surface area contributed by atoms with Gasteiger partial charge in [-0.25, -0.2) is 0 Å². The number of ether oxygens (including phenoxy) is 1. The number of nitrogen functional groups attached to an aromatic ring is 1. The molecule has 0 saturated heterocycles. The molecule has 2 aliphatic rings. The number of methoxy groups -OCH3 is 1.